The van der Waals surface area contributed by atoms with Crippen molar-refractivity contribution in [2.45, 2.75) is 177 Å². The number of rotatable bonds is 21. The molecule has 0 bridgehead atoms. The SMILES string of the molecule is CCCCCc1cccc(OC(=O)NCC2(C)CC(NC(=O)Oc3cccc(CCCCC)c3CCCCC)CC(C)(C)C2)c1CCCCC. The van der Waals surface area contributed by atoms with Gasteiger partial charge in [-0.05, 0) is 116 Å². The molecule has 1 aliphatic carbocycles. The monoisotopic (exact) mass is 691 g/mol. The Morgan fingerprint density at radius 1 is 0.640 bits per heavy atom. The highest BCUT2D eigenvalue weighted by Crippen LogP contribution is 2.46. The fourth-order valence-corrected chi connectivity index (χ4v) is 8.27. The second kappa shape index (κ2) is 21.4. The maximum atomic E-state index is 13.4. The molecule has 0 radical (unpaired) electrons. The summed E-state index contributed by atoms with van der Waals surface area (Å²) in [4.78, 5) is 26.7. The number of unbranched alkanes of at least 4 members (excludes halogenated alkanes) is 8. The maximum absolute atomic E-state index is 13.4. The molecule has 6 heteroatoms. The van der Waals surface area contributed by atoms with Crippen molar-refractivity contribution in [3.8, 4) is 11.5 Å². The van der Waals surface area contributed by atoms with Crippen molar-refractivity contribution in [1.29, 1.82) is 0 Å². The molecular formula is C44H70N2O4. The average molecular weight is 691 g/mol. The van der Waals surface area contributed by atoms with E-state index in [0.29, 0.717) is 18.0 Å². The molecule has 280 valence electrons. The van der Waals surface area contributed by atoms with Gasteiger partial charge in [-0.15, -0.1) is 0 Å². The van der Waals surface area contributed by atoms with Gasteiger partial charge < -0.3 is 20.1 Å². The van der Waals surface area contributed by atoms with E-state index in [0.717, 1.165) is 96.3 Å². The quantitative estimate of drug-likeness (QED) is 0.128. The predicted molar refractivity (Wildman–Crippen MR) is 209 cm³/mol. The summed E-state index contributed by atoms with van der Waals surface area (Å²) >= 11 is 0. The highest BCUT2D eigenvalue weighted by atomic mass is 16.6. The van der Waals surface area contributed by atoms with Gasteiger partial charge in [-0.25, -0.2) is 9.59 Å². The van der Waals surface area contributed by atoms with Crippen molar-refractivity contribution < 1.29 is 19.1 Å². The molecular weight excluding hydrogens is 620 g/mol. The first kappa shape index (κ1) is 41.4. The molecule has 1 aliphatic rings. The zero-order valence-electron chi connectivity index (χ0n) is 32.8. The molecule has 1 fully saturated rings. The van der Waals surface area contributed by atoms with Gasteiger partial charge in [0.25, 0.3) is 0 Å². The standard InChI is InChI=1S/C44H70N2O4/c1-8-12-16-22-34-24-20-28-39(37(34)26-18-14-10-3)49-41(47)45-33-44(7)31-36(30-43(5,6)32-44)46-42(48)50-40-29-21-25-35(23-17-13-9-2)38(40)27-19-15-11-4/h20-21,24-25,28-29,36H,8-19,22-23,26-27,30-33H2,1-7H3,(H,45,47)(H,46,48). The normalized spacial score (nSPS) is 18.4. The molecule has 0 spiro atoms. The number of nitrogens with one attached hydrogen (secondary N) is 2. The van der Waals surface area contributed by atoms with Crippen LogP contribution in [0.4, 0.5) is 9.59 Å². The lowest BCUT2D eigenvalue weighted by Gasteiger charge is -2.46. The minimum atomic E-state index is -0.407. The predicted octanol–water partition coefficient (Wildman–Crippen LogP) is 12.1. The van der Waals surface area contributed by atoms with E-state index in [1.54, 1.807) is 0 Å². The lowest BCUT2D eigenvalue weighted by molar-refractivity contribution is 0.0701. The molecule has 3 rings (SSSR count). The largest absolute Gasteiger partial charge is 0.412 e. The number of aryl methyl sites for hydroxylation is 2. The van der Waals surface area contributed by atoms with Gasteiger partial charge in [-0.2, -0.15) is 0 Å². The van der Waals surface area contributed by atoms with Gasteiger partial charge in [0.15, 0.2) is 0 Å². The third kappa shape index (κ3) is 13.9. The second-order valence-corrected chi connectivity index (χ2v) is 16.1. The van der Waals surface area contributed by atoms with Crippen molar-refractivity contribution in [2.24, 2.45) is 10.8 Å². The fraction of sp³-hybridized carbons (Fsp3) is 0.682. The molecule has 6 nitrogen and oxygen atoms in total. The first-order valence-corrected chi connectivity index (χ1v) is 20.2. The van der Waals surface area contributed by atoms with E-state index in [1.807, 2.05) is 24.3 Å². The molecule has 2 atom stereocenters. The summed E-state index contributed by atoms with van der Waals surface area (Å²) < 4.78 is 12.1. The van der Waals surface area contributed by atoms with Gasteiger partial charge in [0, 0.05) is 12.6 Å². The van der Waals surface area contributed by atoms with Gasteiger partial charge in [0.1, 0.15) is 11.5 Å². The molecule has 2 unspecified atom stereocenters. The van der Waals surface area contributed by atoms with E-state index in [4.69, 9.17) is 9.47 Å². The van der Waals surface area contributed by atoms with Crippen molar-refractivity contribution in [2.75, 3.05) is 6.54 Å². The van der Waals surface area contributed by atoms with Crippen molar-refractivity contribution >= 4 is 12.2 Å². The molecule has 0 aliphatic heterocycles. The first-order chi connectivity index (χ1) is 24.0. The van der Waals surface area contributed by atoms with Gasteiger partial charge in [0.2, 0.25) is 0 Å². The van der Waals surface area contributed by atoms with E-state index >= 15 is 0 Å². The number of hydrogen-bond acceptors (Lipinski definition) is 4. The number of carbonyl (C=O) groups is 2. The summed E-state index contributed by atoms with van der Waals surface area (Å²) in [5, 5.41) is 6.34. The Morgan fingerprint density at radius 2 is 1.10 bits per heavy atom. The maximum Gasteiger partial charge on any atom is 0.412 e. The molecule has 2 amide bonds. The number of amides is 2. The minimum absolute atomic E-state index is 0.0136. The minimum Gasteiger partial charge on any atom is -0.410 e. The molecule has 2 N–H and O–H groups in total. The van der Waals surface area contributed by atoms with Crippen molar-refractivity contribution in [3.63, 3.8) is 0 Å². The summed E-state index contributed by atoms with van der Waals surface area (Å²) in [6.07, 6.45) is 19.5. The van der Waals surface area contributed by atoms with Crippen LogP contribution in [0.1, 0.15) is 167 Å². The second-order valence-electron chi connectivity index (χ2n) is 16.1. The number of hydrogen-bond donors (Lipinski definition) is 2. The Labute approximate surface area is 305 Å². The average Bonchev–Trinajstić information content (AvgIpc) is 3.05. The summed E-state index contributed by atoms with van der Waals surface area (Å²) in [6.45, 7) is 16.1. The van der Waals surface area contributed by atoms with Crippen LogP contribution >= 0.6 is 0 Å². The number of ether oxygens (including phenoxy) is 2. The van der Waals surface area contributed by atoms with Crippen molar-refractivity contribution in [1.82, 2.24) is 10.6 Å². The Balaban J connectivity index is 1.66. The van der Waals surface area contributed by atoms with Gasteiger partial charge >= 0.3 is 12.2 Å². The van der Waals surface area contributed by atoms with Crippen LogP contribution in [0.15, 0.2) is 36.4 Å². The van der Waals surface area contributed by atoms with Gasteiger partial charge in [0.05, 0.1) is 0 Å². The van der Waals surface area contributed by atoms with E-state index in [2.05, 4.69) is 71.2 Å². The van der Waals surface area contributed by atoms with Crippen molar-refractivity contribution in [3.05, 3.63) is 58.7 Å². The van der Waals surface area contributed by atoms with E-state index in [-0.39, 0.29) is 23.0 Å². The highest BCUT2D eigenvalue weighted by Gasteiger charge is 2.42. The Kier molecular flexibility index (Phi) is 17.7. The van der Waals surface area contributed by atoms with Crippen LogP contribution in [0.5, 0.6) is 11.5 Å². The van der Waals surface area contributed by atoms with Crippen LogP contribution in [0.2, 0.25) is 0 Å². The molecule has 2 aromatic carbocycles. The van der Waals surface area contributed by atoms with E-state index in [9.17, 15) is 9.59 Å². The van der Waals surface area contributed by atoms with E-state index < -0.39 is 6.09 Å². The number of benzene rings is 2. The summed E-state index contributed by atoms with van der Waals surface area (Å²) in [6, 6.07) is 12.3. The zero-order valence-corrected chi connectivity index (χ0v) is 32.8. The smallest absolute Gasteiger partial charge is 0.410 e. The lowest BCUT2D eigenvalue weighted by atomic mass is 9.62. The van der Waals surface area contributed by atoms with Crippen LogP contribution in [0.3, 0.4) is 0 Å². The Morgan fingerprint density at radius 3 is 1.58 bits per heavy atom. The van der Waals surface area contributed by atoms with E-state index in [1.165, 1.54) is 47.9 Å². The fourth-order valence-electron chi connectivity index (χ4n) is 8.27. The third-order valence-electron chi connectivity index (χ3n) is 10.5. The molecule has 0 saturated heterocycles. The Bertz CT molecular complexity index is 1320. The highest BCUT2D eigenvalue weighted by molar-refractivity contribution is 5.72. The summed E-state index contributed by atoms with van der Waals surface area (Å²) in [5.41, 5.74) is 4.75. The Hall–Kier alpha value is -3.02. The zero-order chi connectivity index (χ0) is 36.4. The van der Waals surface area contributed by atoms with Crippen LogP contribution in [0, 0.1) is 10.8 Å². The summed E-state index contributed by atoms with van der Waals surface area (Å²) in [7, 11) is 0. The molecule has 0 aromatic heterocycles. The van der Waals surface area contributed by atoms with Gasteiger partial charge in [-0.3, -0.25) is 0 Å². The molecule has 50 heavy (non-hydrogen) atoms. The third-order valence-corrected chi connectivity index (χ3v) is 10.5. The number of carbonyl (C=O) groups excluding carboxylic acids is 2. The molecule has 2 aromatic rings. The topological polar surface area (TPSA) is 76.7 Å². The van der Waals surface area contributed by atoms with Crippen LogP contribution < -0.4 is 20.1 Å². The first-order valence-electron chi connectivity index (χ1n) is 20.2. The lowest BCUT2D eigenvalue weighted by Crippen LogP contribution is -2.51. The molecule has 1 saturated carbocycles. The van der Waals surface area contributed by atoms with Crippen LogP contribution in [-0.4, -0.2) is 24.8 Å². The van der Waals surface area contributed by atoms with Crippen LogP contribution in [-0.2, 0) is 25.7 Å². The van der Waals surface area contributed by atoms with Crippen LogP contribution in [0.25, 0.3) is 0 Å². The molecule has 0 heterocycles. The summed E-state index contributed by atoms with van der Waals surface area (Å²) in [5.74, 6) is 1.38. The van der Waals surface area contributed by atoms with Gasteiger partial charge in [-0.1, -0.05) is 124 Å².